The lowest BCUT2D eigenvalue weighted by Crippen LogP contribution is -2.09. The summed E-state index contributed by atoms with van der Waals surface area (Å²) in [6, 6.07) is 21.7. The van der Waals surface area contributed by atoms with Gasteiger partial charge in [0, 0.05) is 30.8 Å². The minimum atomic E-state index is 0.143. The summed E-state index contributed by atoms with van der Waals surface area (Å²) in [7, 11) is 3.94. The van der Waals surface area contributed by atoms with E-state index in [1.54, 1.807) is 0 Å². The molecule has 0 saturated carbocycles. The average Bonchev–Trinajstić information content (AvgIpc) is 3.14. The fourth-order valence-corrected chi connectivity index (χ4v) is 3.22. The van der Waals surface area contributed by atoms with Gasteiger partial charge in [-0.15, -0.1) is 0 Å². The molecule has 29 heavy (non-hydrogen) atoms. The second-order valence-electron chi connectivity index (χ2n) is 7.18. The normalized spacial score (nSPS) is 12.0. The summed E-state index contributed by atoms with van der Waals surface area (Å²) in [6.45, 7) is 2.13. The molecule has 5 nitrogen and oxygen atoms in total. The van der Waals surface area contributed by atoms with E-state index in [0.717, 1.165) is 34.2 Å². The Balaban J connectivity index is 1.44. The fourth-order valence-electron chi connectivity index (χ4n) is 3.09. The highest BCUT2D eigenvalue weighted by Crippen LogP contribution is 2.27. The maximum Gasteiger partial charge on any atom is 0.203 e. The van der Waals surface area contributed by atoms with E-state index in [4.69, 9.17) is 16.3 Å². The first kappa shape index (κ1) is 19.2. The Morgan fingerprint density at radius 3 is 2.28 bits per heavy atom. The van der Waals surface area contributed by atoms with E-state index in [1.807, 2.05) is 61.5 Å². The van der Waals surface area contributed by atoms with E-state index in [2.05, 4.69) is 46.5 Å². The Hall–Kier alpha value is -3.18. The van der Waals surface area contributed by atoms with Crippen molar-refractivity contribution in [3.05, 3.63) is 77.3 Å². The number of anilines is 2. The van der Waals surface area contributed by atoms with Crippen molar-refractivity contribution in [2.45, 2.75) is 13.0 Å². The molecular formula is C23H23ClN4O. The minimum Gasteiger partial charge on any atom is -0.457 e. The summed E-state index contributed by atoms with van der Waals surface area (Å²) >= 11 is 5.91. The first-order valence-electron chi connectivity index (χ1n) is 9.45. The Bertz CT molecular complexity index is 1100. The van der Waals surface area contributed by atoms with Crippen molar-refractivity contribution in [2.75, 3.05) is 24.3 Å². The maximum atomic E-state index is 5.91. The molecule has 1 heterocycles. The number of hydrogen-bond acceptors (Lipinski definition) is 4. The number of hydrogen-bond donors (Lipinski definition) is 2. The van der Waals surface area contributed by atoms with Crippen molar-refractivity contribution < 1.29 is 4.74 Å². The van der Waals surface area contributed by atoms with Crippen LogP contribution in [0.2, 0.25) is 5.02 Å². The molecule has 0 aliphatic carbocycles. The number of H-pyrrole nitrogens is 1. The van der Waals surface area contributed by atoms with Crippen LogP contribution in [0.1, 0.15) is 18.5 Å². The number of fused-ring (bicyclic) bond motifs is 1. The highest BCUT2D eigenvalue weighted by atomic mass is 35.5. The van der Waals surface area contributed by atoms with Crippen LogP contribution in [0.5, 0.6) is 11.5 Å². The average molecular weight is 407 g/mol. The number of aromatic nitrogens is 2. The summed E-state index contributed by atoms with van der Waals surface area (Å²) < 4.78 is 5.86. The van der Waals surface area contributed by atoms with E-state index in [1.165, 1.54) is 5.56 Å². The number of nitrogens with zero attached hydrogens (tertiary/aromatic N) is 2. The van der Waals surface area contributed by atoms with Gasteiger partial charge >= 0.3 is 0 Å². The van der Waals surface area contributed by atoms with Gasteiger partial charge in [-0.3, -0.25) is 0 Å². The van der Waals surface area contributed by atoms with Crippen molar-refractivity contribution in [2.24, 2.45) is 0 Å². The Morgan fingerprint density at radius 1 is 0.966 bits per heavy atom. The molecule has 0 aliphatic rings. The van der Waals surface area contributed by atoms with Gasteiger partial charge in [-0.25, -0.2) is 4.98 Å². The summed E-state index contributed by atoms with van der Waals surface area (Å²) in [5.41, 5.74) is 4.17. The van der Waals surface area contributed by atoms with Crippen LogP contribution in [0.3, 0.4) is 0 Å². The second-order valence-corrected chi connectivity index (χ2v) is 7.61. The van der Waals surface area contributed by atoms with Gasteiger partial charge in [0.15, 0.2) is 0 Å². The molecular weight excluding hydrogens is 384 g/mol. The van der Waals surface area contributed by atoms with Crippen molar-refractivity contribution >= 4 is 34.3 Å². The Labute approximate surface area is 175 Å². The SMILES string of the molecule is CC(Nc1ccc2[nH]c(N(C)C)nc2c1)c1ccc(Oc2ccc(Cl)cc2)cc1. The van der Waals surface area contributed by atoms with Gasteiger partial charge in [0.25, 0.3) is 0 Å². The number of halogens is 1. The highest BCUT2D eigenvalue weighted by Gasteiger charge is 2.09. The molecule has 1 atom stereocenters. The molecule has 1 unspecified atom stereocenters. The molecule has 0 radical (unpaired) electrons. The summed E-state index contributed by atoms with van der Waals surface area (Å²) in [5.74, 6) is 2.40. The quantitative estimate of drug-likeness (QED) is 0.397. The van der Waals surface area contributed by atoms with Crippen LogP contribution in [-0.2, 0) is 0 Å². The third-order valence-corrected chi connectivity index (χ3v) is 4.96. The lowest BCUT2D eigenvalue weighted by atomic mass is 10.1. The molecule has 0 spiro atoms. The minimum absolute atomic E-state index is 0.143. The lowest BCUT2D eigenvalue weighted by molar-refractivity contribution is 0.482. The van der Waals surface area contributed by atoms with Gasteiger partial charge in [0.05, 0.1) is 11.0 Å². The van der Waals surface area contributed by atoms with E-state index in [-0.39, 0.29) is 6.04 Å². The zero-order chi connectivity index (χ0) is 20.4. The van der Waals surface area contributed by atoms with Gasteiger partial charge in [0.2, 0.25) is 5.95 Å². The molecule has 0 amide bonds. The summed E-state index contributed by atoms with van der Waals surface area (Å²) in [6.07, 6.45) is 0. The predicted octanol–water partition coefficient (Wildman–Crippen LogP) is 6.25. The predicted molar refractivity (Wildman–Crippen MR) is 120 cm³/mol. The van der Waals surface area contributed by atoms with Crippen LogP contribution in [-0.4, -0.2) is 24.1 Å². The molecule has 0 bridgehead atoms. The van der Waals surface area contributed by atoms with Gasteiger partial charge in [-0.05, 0) is 67.1 Å². The zero-order valence-corrected chi connectivity index (χ0v) is 17.4. The number of rotatable bonds is 6. The Kier molecular flexibility index (Phi) is 5.32. The van der Waals surface area contributed by atoms with Crippen molar-refractivity contribution in [1.29, 1.82) is 0 Å². The van der Waals surface area contributed by atoms with Gasteiger partial charge < -0.3 is 19.9 Å². The van der Waals surface area contributed by atoms with Crippen LogP contribution >= 0.6 is 11.6 Å². The summed E-state index contributed by atoms with van der Waals surface area (Å²) in [4.78, 5) is 9.88. The van der Waals surface area contributed by atoms with Crippen molar-refractivity contribution in [3.63, 3.8) is 0 Å². The first-order chi connectivity index (χ1) is 14.0. The summed E-state index contributed by atoms with van der Waals surface area (Å²) in [5, 5.41) is 4.23. The standard InChI is InChI=1S/C23H23ClN4O/c1-15(25-18-8-13-21-22(14-18)27-23(26-21)28(2)3)16-4-9-19(10-5-16)29-20-11-6-17(24)7-12-20/h4-15,25H,1-3H3,(H,26,27). The first-order valence-corrected chi connectivity index (χ1v) is 9.83. The molecule has 4 aromatic rings. The molecule has 6 heteroatoms. The number of nitrogens with one attached hydrogen (secondary N) is 2. The molecule has 2 N–H and O–H groups in total. The second kappa shape index (κ2) is 8.05. The molecule has 148 valence electrons. The van der Waals surface area contributed by atoms with Gasteiger partial charge in [0.1, 0.15) is 11.5 Å². The van der Waals surface area contributed by atoms with Crippen LogP contribution in [0.4, 0.5) is 11.6 Å². The zero-order valence-electron chi connectivity index (χ0n) is 16.6. The van der Waals surface area contributed by atoms with Crippen LogP contribution in [0.25, 0.3) is 11.0 Å². The van der Waals surface area contributed by atoms with Crippen LogP contribution in [0, 0.1) is 0 Å². The van der Waals surface area contributed by atoms with Crippen molar-refractivity contribution in [3.8, 4) is 11.5 Å². The molecule has 0 aliphatic heterocycles. The molecule has 0 fully saturated rings. The molecule has 3 aromatic carbocycles. The number of aromatic amines is 1. The monoisotopic (exact) mass is 406 g/mol. The third-order valence-electron chi connectivity index (χ3n) is 4.71. The smallest absolute Gasteiger partial charge is 0.203 e. The van der Waals surface area contributed by atoms with E-state index >= 15 is 0 Å². The van der Waals surface area contributed by atoms with Crippen LogP contribution < -0.4 is 15.0 Å². The van der Waals surface area contributed by atoms with Gasteiger partial charge in [-0.1, -0.05) is 23.7 Å². The third kappa shape index (κ3) is 4.46. The van der Waals surface area contributed by atoms with E-state index < -0.39 is 0 Å². The number of imidazole rings is 1. The molecule has 0 saturated heterocycles. The number of benzene rings is 3. The lowest BCUT2D eigenvalue weighted by Gasteiger charge is -2.16. The van der Waals surface area contributed by atoms with E-state index in [9.17, 15) is 0 Å². The van der Waals surface area contributed by atoms with Crippen molar-refractivity contribution in [1.82, 2.24) is 9.97 Å². The fraction of sp³-hybridized carbons (Fsp3) is 0.174. The number of ether oxygens (including phenoxy) is 1. The molecule has 1 aromatic heterocycles. The largest absolute Gasteiger partial charge is 0.457 e. The Morgan fingerprint density at radius 2 is 1.62 bits per heavy atom. The highest BCUT2D eigenvalue weighted by molar-refractivity contribution is 6.30. The maximum absolute atomic E-state index is 5.91. The van der Waals surface area contributed by atoms with E-state index in [0.29, 0.717) is 5.02 Å². The van der Waals surface area contributed by atoms with Crippen LogP contribution in [0.15, 0.2) is 66.7 Å². The topological polar surface area (TPSA) is 53.2 Å². The van der Waals surface area contributed by atoms with Gasteiger partial charge in [-0.2, -0.15) is 0 Å². The molecule has 4 rings (SSSR count).